The minimum Gasteiger partial charge on any atom is -0.325 e. The molecule has 0 aliphatic rings. The third kappa shape index (κ3) is 1.74. The van der Waals surface area contributed by atoms with Crippen LogP contribution in [0, 0.1) is 0 Å². The summed E-state index contributed by atoms with van der Waals surface area (Å²) in [5.74, 6) is 0. The highest BCUT2D eigenvalue weighted by molar-refractivity contribution is 7.17. The Morgan fingerprint density at radius 1 is 1.44 bits per heavy atom. The molecule has 0 aliphatic heterocycles. The Hall–Kier alpha value is -0.930. The van der Waals surface area contributed by atoms with E-state index >= 15 is 0 Å². The fourth-order valence-corrected chi connectivity index (χ4v) is 2.79. The molecule has 0 spiro atoms. The molecular weight excluding hydrogens is 221 g/mol. The Balaban J connectivity index is 2.52. The van der Waals surface area contributed by atoms with Gasteiger partial charge in [0.2, 0.25) is 0 Å². The molecule has 3 heteroatoms. The van der Waals surface area contributed by atoms with E-state index < -0.39 is 11.7 Å². The van der Waals surface area contributed by atoms with Crippen LogP contribution in [0.25, 0.3) is 10.1 Å². The van der Waals surface area contributed by atoms with Gasteiger partial charge in [-0.15, -0.1) is 11.3 Å². The number of benzene rings is 1. The number of rotatable bonds is 3. The van der Waals surface area contributed by atoms with Crippen molar-refractivity contribution < 1.29 is 4.39 Å². The molecule has 0 aliphatic carbocycles. The second kappa shape index (κ2) is 4.15. The summed E-state index contributed by atoms with van der Waals surface area (Å²) in [6, 6.07) is 7.26. The van der Waals surface area contributed by atoms with E-state index in [9.17, 15) is 4.39 Å². The third-order valence-electron chi connectivity index (χ3n) is 3.17. The van der Waals surface area contributed by atoms with Gasteiger partial charge in [-0.2, -0.15) is 0 Å². The highest BCUT2D eigenvalue weighted by Crippen LogP contribution is 2.35. The number of hydrogen-bond donors (Lipinski definition) is 1. The van der Waals surface area contributed by atoms with Crippen LogP contribution in [0.2, 0.25) is 0 Å². The van der Waals surface area contributed by atoms with Crippen LogP contribution in [0.15, 0.2) is 29.6 Å². The smallest absolute Gasteiger partial charge is 0.150 e. The number of alkyl halides is 1. The van der Waals surface area contributed by atoms with E-state index in [0.29, 0.717) is 12.0 Å². The van der Waals surface area contributed by atoms with E-state index in [1.54, 1.807) is 18.3 Å². The molecule has 2 unspecified atom stereocenters. The van der Waals surface area contributed by atoms with Crippen molar-refractivity contribution in [3.8, 4) is 0 Å². The first-order chi connectivity index (χ1) is 7.58. The summed E-state index contributed by atoms with van der Waals surface area (Å²) < 4.78 is 15.9. The predicted molar refractivity (Wildman–Crippen MR) is 68.6 cm³/mol. The van der Waals surface area contributed by atoms with Crippen LogP contribution in [0.3, 0.4) is 0 Å². The van der Waals surface area contributed by atoms with Crippen molar-refractivity contribution >= 4 is 21.4 Å². The maximum atomic E-state index is 14.7. The first-order valence-corrected chi connectivity index (χ1v) is 6.38. The molecule has 0 amide bonds. The summed E-state index contributed by atoms with van der Waals surface area (Å²) in [5.41, 5.74) is 5.03. The average molecular weight is 237 g/mol. The number of fused-ring (bicyclic) bond motifs is 1. The lowest BCUT2D eigenvalue weighted by molar-refractivity contribution is 0.126. The third-order valence-corrected chi connectivity index (χ3v) is 4.07. The van der Waals surface area contributed by atoms with E-state index in [-0.39, 0.29) is 0 Å². The van der Waals surface area contributed by atoms with Crippen molar-refractivity contribution in [1.29, 1.82) is 0 Å². The number of nitrogens with two attached hydrogens (primary N) is 1. The highest BCUT2D eigenvalue weighted by atomic mass is 32.1. The molecule has 0 fully saturated rings. The Kier molecular flexibility index (Phi) is 3.00. The van der Waals surface area contributed by atoms with Gasteiger partial charge in [-0.25, -0.2) is 4.39 Å². The molecule has 2 aromatic rings. The molecular formula is C13H16FNS. The van der Waals surface area contributed by atoms with Crippen molar-refractivity contribution in [2.75, 3.05) is 0 Å². The van der Waals surface area contributed by atoms with E-state index in [1.807, 2.05) is 36.6 Å². The fourth-order valence-electron chi connectivity index (χ4n) is 2.01. The fraction of sp³-hybridized carbons (Fsp3) is 0.385. The Morgan fingerprint density at radius 2 is 2.19 bits per heavy atom. The second-order valence-electron chi connectivity index (χ2n) is 4.18. The van der Waals surface area contributed by atoms with Crippen molar-refractivity contribution in [1.82, 2.24) is 0 Å². The summed E-state index contributed by atoms with van der Waals surface area (Å²) in [5, 5.41) is 3.12. The van der Waals surface area contributed by atoms with Crippen LogP contribution in [0.5, 0.6) is 0 Å². The Bertz CT molecular complexity index is 491. The molecule has 2 rings (SSSR count). The van der Waals surface area contributed by atoms with Gasteiger partial charge in [0, 0.05) is 10.7 Å². The van der Waals surface area contributed by atoms with E-state index in [4.69, 9.17) is 5.73 Å². The van der Waals surface area contributed by atoms with Gasteiger partial charge in [0.25, 0.3) is 0 Å². The number of thiophene rings is 1. The molecule has 86 valence electrons. The van der Waals surface area contributed by atoms with Crippen LogP contribution >= 0.6 is 11.3 Å². The van der Waals surface area contributed by atoms with Gasteiger partial charge in [-0.1, -0.05) is 13.0 Å². The zero-order valence-electron chi connectivity index (χ0n) is 9.53. The van der Waals surface area contributed by atoms with Crippen molar-refractivity contribution in [3.05, 3.63) is 35.2 Å². The Morgan fingerprint density at radius 3 is 2.81 bits per heavy atom. The van der Waals surface area contributed by atoms with Crippen LogP contribution < -0.4 is 5.73 Å². The molecule has 1 nitrogen and oxygen atoms in total. The molecule has 16 heavy (non-hydrogen) atoms. The first-order valence-electron chi connectivity index (χ1n) is 5.50. The molecule has 0 bridgehead atoms. The van der Waals surface area contributed by atoms with Gasteiger partial charge in [-0.05, 0) is 47.9 Å². The highest BCUT2D eigenvalue weighted by Gasteiger charge is 2.34. The van der Waals surface area contributed by atoms with Gasteiger partial charge in [0.1, 0.15) is 5.67 Å². The quantitative estimate of drug-likeness (QED) is 0.862. The van der Waals surface area contributed by atoms with Crippen molar-refractivity contribution in [2.45, 2.75) is 32.0 Å². The number of hydrogen-bond acceptors (Lipinski definition) is 2. The van der Waals surface area contributed by atoms with Crippen LogP contribution in [0.4, 0.5) is 4.39 Å². The van der Waals surface area contributed by atoms with Crippen LogP contribution in [-0.4, -0.2) is 6.04 Å². The SMILES string of the molecule is CCC(F)(c1ccc2sccc2c1)C(C)N. The Labute approximate surface area is 99.1 Å². The molecule has 1 aromatic carbocycles. The summed E-state index contributed by atoms with van der Waals surface area (Å²) in [6.07, 6.45) is 0.403. The largest absolute Gasteiger partial charge is 0.325 e. The lowest BCUT2D eigenvalue weighted by Crippen LogP contribution is -2.39. The zero-order valence-corrected chi connectivity index (χ0v) is 10.4. The summed E-state index contributed by atoms with van der Waals surface area (Å²) in [4.78, 5) is 0. The van der Waals surface area contributed by atoms with Gasteiger partial charge in [0.05, 0.1) is 0 Å². The topological polar surface area (TPSA) is 26.0 Å². The van der Waals surface area contributed by atoms with Crippen molar-refractivity contribution in [2.24, 2.45) is 5.73 Å². The summed E-state index contributed by atoms with van der Waals surface area (Å²) >= 11 is 1.67. The van der Waals surface area contributed by atoms with Gasteiger partial charge in [0.15, 0.2) is 0 Å². The molecule has 1 heterocycles. The maximum Gasteiger partial charge on any atom is 0.150 e. The maximum absolute atomic E-state index is 14.7. The van der Waals surface area contributed by atoms with Crippen molar-refractivity contribution in [3.63, 3.8) is 0 Å². The standard InChI is InChI=1S/C13H16FNS/c1-3-13(14,9(2)15)11-4-5-12-10(8-11)6-7-16-12/h4-9H,3,15H2,1-2H3. The minimum absolute atomic E-state index is 0.403. The average Bonchev–Trinajstić information content (AvgIpc) is 2.74. The molecule has 0 radical (unpaired) electrons. The monoisotopic (exact) mass is 237 g/mol. The number of halogens is 1. The molecule has 1 aromatic heterocycles. The molecule has 0 saturated heterocycles. The zero-order chi connectivity index (χ0) is 11.8. The summed E-state index contributed by atoms with van der Waals surface area (Å²) in [7, 11) is 0. The predicted octanol–water partition coefficient (Wildman–Crippen LogP) is 3.82. The molecule has 2 atom stereocenters. The normalized spacial score (nSPS) is 17.2. The summed E-state index contributed by atoms with van der Waals surface area (Å²) in [6.45, 7) is 3.56. The lowest BCUT2D eigenvalue weighted by Gasteiger charge is -2.28. The van der Waals surface area contributed by atoms with Crippen LogP contribution in [0.1, 0.15) is 25.8 Å². The van der Waals surface area contributed by atoms with E-state index in [2.05, 4.69) is 0 Å². The molecule has 0 saturated carbocycles. The van der Waals surface area contributed by atoms with Gasteiger partial charge >= 0.3 is 0 Å². The lowest BCUT2D eigenvalue weighted by atomic mass is 9.86. The first kappa shape index (κ1) is 11.6. The van der Waals surface area contributed by atoms with Gasteiger partial charge in [-0.3, -0.25) is 0 Å². The van der Waals surface area contributed by atoms with E-state index in [0.717, 1.165) is 5.39 Å². The molecule has 2 N–H and O–H groups in total. The van der Waals surface area contributed by atoms with Crippen LogP contribution in [-0.2, 0) is 5.67 Å². The van der Waals surface area contributed by atoms with Gasteiger partial charge < -0.3 is 5.73 Å². The van der Waals surface area contributed by atoms with E-state index in [1.165, 1.54) is 4.70 Å². The second-order valence-corrected chi connectivity index (χ2v) is 5.13. The minimum atomic E-state index is -1.42.